The third-order valence-corrected chi connectivity index (χ3v) is 4.49. The Morgan fingerprint density at radius 2 is 1.86 bits per heavy atom. The van der Waals surface area contributed by atoms with Gasteiger partial charge in [0.2, 0.25) is 0 Å². The zero-order valence-electron chi connectivity index (χ0n) is 15.0. The Labute approximate surface area is 134 Å². The monoisotopic (exact) mass is 312 g/mol. The summed E-state index contributed by atoms with van der Waals surface area (Å²) in [5, 5.41) is 0. The van der Waals surface area contributed by atoms with E-state index in [1.54, 1.807) is 0 Å². The first-order valence-corrected chi connectivity index (χ1v) is 8.50. The van der Waals surface area contributed by atoms with Crippen molar-refractivity contribution in [3.8, 4) is 0 Å². The topological polar surface area (TPSA) is 42.0 Å². The van der Waals surface area contributed by atoms with Crippen LogP contribution in [0.3, 0.4) is 0 Å². The molecule has 2 saturated heterocycles. The molecular weight excluding hydrogens is 280 g/mol. The van der Waals surface area contributed by atoms with Crippen molar-refractivity contribution >= 4 is 6.09 Å². The summed E-state index contributed by atoms with van der Waals surface area (Å²) < 4.78 is 11.8. The standard InChI is InChI=1S/C17H32N2O3/c1-13(2)19-11-14(3)21-17(12-19)7-9-18(10-8-17)15(20)22-16(4,5)6/h13-14H,7-12H2,1-6H3/t14-/m1/s1. The fourth-order valence-electron chi connectivity index (χ4n) is 3.36. The molecule has 5 heteroatoms. The number of morpholine rings is 1. The van der Waals surface area contributed by atoms with Gasteiger partial charge in [0.25, 0.3) is 0 Å². The van der Waals surface area contributed by atoms with Crippen LogP contribution in [-0.2, 0) is 9.47 Å². The molecule has 128 valence electrons. The van der Waals surface area contributed by atoms with Crippen LogP contribution in [-0.4, -0.2) is 65.4 Å². The van der Waals surface area contributed by atoms with Crippen LogP contribution in [0.5, 0.6) is 0 Å². The molecule has 1 atom stereocenters. The normalized spacial score (nSPS) is 26.5. The minimum absolute atomic E-state index is 0.0968. The van der Waals surface area contributed by atoms with Gasteiger partial charge < -0.3 is 14.4 Å². The fourth-order valence-corrected chi connectivity index (χ4v) is 3.36. The van der Waals surface area contributed by atoms with Crippen molar-refractivity contribution in [1.82, 2.24) is 9.80 Å². The van der Waals surface area contributed by atoms with E-state index >= 15 is 0 Å². The Morgan fingerprint density at radius 3 is 2.36 bits per heavy atom. The van der Waals surface area contributed by atoms with E-state index in [1.165, 1.54) is 0 Å². The molecule has 0 N–H and O–H groups in total. The maximum atomic E-state index is 12.2. The van der Waals surface area contributed by atoms with Crippen molar-refractivity contribution < 1.29 is 14.3 Å². The number of hydrogen-bond acceptors (Lipinski definition) is 4. The number of nitrogens with zero attached hydrogens (tertiary/aromatic N) is 2. The molecule has 0 bridgehead atoms. The molecule has 0 aromatic heterocycles. The third kappa shape index (κ3) is 4.35. The lowest BCUT2D eigenvalue weighted by Gasteiger charge is -2.50. The molecule has 2 aliphatic rings. The number of piperidine rings is 1. The average Bonchev–Trinajstić information content (AvgIpc) is 2.36. The Hall–Kier alpha value is -0.810. The van der Waals surface area contributed by atoms with Crippen molar-refractivity contribution in [1.29, 1.82) is 0 Å². The van der Waals surface area contributed by atoms with Crippen molar-refractivity contribution in [3.05, 3.63) is 0 Å². The second-order valence-corrected chi connectivity index (χ2v) is 8.10. The highest BCUT2D eigenvalue weighted by Crippen LogP contribution is 2.33. The quantitative estimate of drug-likeness (QED) is 0.746. The van der Waals surface area contributed by atoms with Gasteiger partial charge in [-0.05, 0) is 54.4 Å². The first kappa shape index (κ1) is 17.5. The molecule has 2 rings (SSSR count). The summed E-state index contributed by atoms with van der Waals surface area (Å²) in [6, 6.07) is 0.534. The lowest BCUT2D eigenvalue weighted by molar-refractivity contribution is -0.173. The van der Waals surface area contributed by atoms with Crippen molar-refractivity contribution in [2.45, 2.75) is 77.7 Å². The van der Waals surface area contributed by atoms with Gasteiger partial charge >= 0.3 is 6.09 Å². The van der Waals surface area contributed by atoms with Crippen LogP contribution in [0.15, 0.2) is 0 Å². The van der Waals surface area contributed by atoms with Crippen LogP contribution in [0.2, 0.25) is 0 Å². The number of rotatable bonds is 1. The molecule has 1 amide bonds. The smallest absolute Gasteiger partial charge is 0.410 e. The van der Waals surface area contributed by atoms with Crippen LogP contribution in [0.4, 0.5) is 4.79 Å². The highest BCUT2D eigenvalue weighted by Gasteiger charge is 2.43. The predicted octanol–water partition coefficient (Wildman–Crippen LogP) is 2.89. The Balaban J connectivity index is 1.94. The van der Waals surface area contributed by atoms with Crippen LogP contribution in [0.25, 0.3) is 0 Å². The van der Waals surface area contributed by atoms with Crippen LogP contribution < -0.4 is 0 Å². The van der Waals surface area contributed by atoms with Gasteiger partial charge in [0.1, 0.15) is 5.60 Å². The van der Waals surface area contributed by atoms with Crippen molar-refractivity contribution in [2.75, 3.05) is 26.2 Å². The maximum Gasteiger partial charge on any atom is 0.410 e. The second-order valence-electron chi connectivity index (χ2n) is 8.10. The summed E-state index contributed by atoms with van der Waals surface area (Å²) >= 11 is 0. The Morgan fingerprint density at radius 1 is 1.27 bits per heavy atom. The van der Waals surface area contributed by atoms with Gasteiger partial charge in [0, 0.05) is 32.2 Å². The summed E-state index contributed by atoms with van der Waals surface area (Å²) in [5.74, 6) is 0. The first-order valence-electron chi connectivity index (χ1n) is 8.50. The zero-order chi connectivity index (χ0) is 16.5. The SMILES string of the molecule is CC(C)N1C[C@@H](C)OC2(CCN(C(=O)OC(C)(C)C)CC2)C1. The van der Waals surface area contributed by atoms with Crippen LogP contribution in [0, 0.1) is 0 Å². The molecule has 0 aliphatic carbocycles. The van der Waals surface area contributed by atoms with Gasteiger partial charge in [-0.15, -0.1) is 0 Å². The van der Waals surface area contributed by atoms with E-state index in [2.05, 4.69) is 25.7 Å². The van der Waals surface area contributed by atoms with Gasteiger partial charge in [-0.2, -0.15) is 0 Å². The molecule has 0 radical (unpaired) electrons. The Bertz CT molecular complexity index is 395. The number of hydrogen-bond donors (Lipinski definition) is 0. The highest BCUT2D eigenvalue weighted by molar-refractivity contribution is 5.68. The van der Waals surface area contributed by atoms with E-state index in [-0.39, 0.29) is 17.8 Å². The molecule has 0 unspecified atom stereocenters. The van der Waals surface area contributed by atoms with E-state index in [1.807, 2.05) is 25.7 Å². The number of carbonyl (C=O) groups is 1. The summed E-state index contributed by atoms with van der Waals surface area (Å²) in [5.41, 5.74) is -0.531. The van der Waals surface area contributed by atoms with E-state index in [0.717, 1.165) is 25.9 Å². The van der Waals surface area contributed by atoms with Gasteiger partial charge in [-0.25, -0.2) is 4.79 Å². The maximum absolute atomic E-state index is 12.2. The molecule has 1 spiro atoms. The largest absolute Gasteiger partial charge is 0.444 e. The summed E-state index contributed by atoms with van der Waals surface area (Å²) in [6.07, 6.45) is 1.83. The lowest BCUT2D eigenvalue weighted by atomic mass is 9.88. The molecule has 2 fully saturated rings. The first-order chi connectivity index (χ1) is 10.1. The van der Waals surface area contributed by atoms with Crippen molar-refractivity contribution in [3.63, 3.8) is 0 Å². The van der Waals surface area contributed by atoms with Crippen LogP contribution in [0.1, 0.15) is 54.4 Å². The average molecular weight is 312 g/mol. The third-order valence-electron chi connectivity index (χ3n) is 4.49. The molecule has 0 aromatic rings. The molecule has 5 nitrogen and oxygen atoms in total. The number of carbonyl (C=O) groups excluding carboxylic acids is 1. The van der Waals surface area contributed by atoms with Gasteiger partial charge in [-0.3, -0.25) is 4.90 Å². The van der Waals surface area contributed by atoms with Gasteiger partial charge in [0.05, 0.1) is 11.7 Å². The Kier molecular flexibility index (Phi) is 5.07. The van der Waals surface area contributed by atoms with Crippen molar-refractivity contribution in [2.24, 2.45) is 0 Å². The van der Waals surface area contributed by atoms with E-state index < -0.39 is 5.60 Å². The van der Waals surface area contributed by atoms with Gasteiger partial charge in [-0.1, -0.05) is 0 Å². The molecule has 22 heavy (non-hydrogen) atoms. The second kappa shape index (κ2) is 6.36. The summed E-state index contributed by atoms with van der Waals surface area (Å²) in [6.45, 7) is 15.7. The summed E-state index contributed by atoms with van der Waals surface area (Å²) in [7, 11) is 0. The minimum atomic E-state index is -0.434. The number of ether oxygens (including phenoxy) is 2. The minimum Gasteiger partial charge on any atom is -0.444 e. The van der Waals surface area contributed by atoms with Gasteiger partial charge in [0.15, 0.2) is 0 Å². The molecular formula is C17H32N2O3. The number of likely N-dealkylation sites (tertiary alicyclic amines) is 1. The molecule has 0 aromatic carbocycles. The fraction of sp³-hybridized carbons (Fsp3) is 0.941. The molecule has 0 saturated carbocycles. The highest BCUT2D eigenvalue weighted by atomic mass is 16.6. The van der Waals surface area contributed by atoms with E-state index in [9.17, 15) is 4.79 Å². The zero-order valence-corrected chi connectivity index (χ0v) is 15.0. The van der Waals surface area contributed by atoms with E-state index in [4.69, 9.17) is 9.47 Å². The molecule has 2 aliphatic heterocycles. The number of amides is 1. The van der Waals surface area contributed by atoms with E-state index in [0.29, 0.717) is 19.1 Å². The lowest BCUT2D eigenvalue weighted by Crippen LogP contribution is -2.60. The predicted molar refractivity (Wildman–Crippen MR) is 87.0 cm³/mol. The summed E-state index contributed by atoms with van der Waals surface area (Å²) in [4.78, 5) is 16.5. The van der Waals surface area contributed by atoms with Crippen LogP contribution >= 0.6 is 0 Å². The molecule has 2 heterocycles.